The highest BCUT2D eigenvalue weighted by atomic mass is 14.3. The van der Waals surface area contributed by atoms with Crippen LogP contribution in [0, 0.1) is 69.2 Å². The smallest absolute Gasteiger partial charge is 0.00241 e. The summed E-state index contributed by atoms with van der Waals surface area (Å²) in [7, 11) is 0. The molecule has 0 heterocycles. The number of fused-ring (bicyclic) bond motifs is 8. The van der Waals surface area contributed by atoms with Crippen LogP contribution >= 0.6 is 0 Å². The molecule has 0 aliphatic carbocycles. The number of hydrogen-bond donors (Lipinski definition) is 0. The van der Waals surface area contributed by atoms with Gasteiger partial charge in [-0.25, -0.2) is 0 Å². The minimum Gasteiger partial charge on any atom is -0.0622 e. The predicted octanol–water partition coefficient (Wildman–Crippen LogP) is 40.4. The first-order valence-electron chi connectivity index (χ1n) is 50.0. The van der Waals surface area contributed by atoms with Gasteiger partial charge in [0.1, 0.15) is 0 Å². The molecule has 0 aromatic heterocycles. The Morgan fingerprint density at radius 3 is 0.528 bits per heavy atom. The summed E-state index contributed by atoms with van der Waals surface area (Å²) in [4.78, 5) is 0. The van der Waals surface area contributed by atoms with Gasteiger partial charge in [-0.15, -0.1) is 0 Å². The molecular formula is C142H116. The van der Waals surface area contributed by atoms with E-state index < -0.39 is 0 Å². The molecule has 0 nitrogen and oxygen atoms in total. The van der Waals surface area contributed by atoms with E-state index in [0.29, 0.717) is 0 Å². The van der Waals surface area contributed by atoms with E-state index in [-0.39, 0.29) is 5.41 Å². The van der Waals surface area contributed by atoms with Crippen LogP contribution in [-0.2, 0) is 5.41 Å². The van der Waals surface area contributed by atoms with E-state index in [2.05, 4.69) is 557 Å². The van der Waals surface area contributed by atoms with Gasteiger partial charge in [0, 0.05) is 0 Å². The van der Waals surface area contributed by atoms with Crippen molar-refractivity contribution in [3.8, 4) is 134 Å². The maximum Gasteiger partial charge on any atom is -0.00241 e. The van der Waals surface area contributed by atoms with Crippen LogP contribution in [0.5, 0.6) is 0 Å². The van der Waals surface area contributed by atoms with Crippen LogP contribution in [0.2, 0.25) is 0 Å². The van der Waals surface area contributed by atoms with E-state index >= 15 is 0 Å². The molecule has 0 aliphatic heterocycles. The van der Waals surface area contributed by atoms with Crippen LogP contribution < -0.4 is 0 Å². The second-order valence-corrected chi connectivity index (χ2v) is 39.9. The monoisotopic (exact) mass is 1820 g/mol. The molecule has 0 aliphatic rings. The number of rotatable bonds is 12. The van der Waals surface area contributed by atoms with Crippen LogP contribution in [0.25, 0.3) is 220 Å². The van der Waals surface area contributed by atoms with Crippen LogP contribution in [0.1, 0.15) is 82.0 Å². The fourth-order valence-electron chi connectivity index (χ4n) is 21.7. The maximum absolute atomic E-state index is 2.38. The molecule has 0 atom stereocenters. The third-order valence-electron chi connectivity index (χ3n) is 29.3. The van der Waals surface area contributed by atoms with Gasteiger partial charge in [0.2, 0.25) is 0 Å². The van der Waals surface area contributed by atoms with Gasteiger partial charge in [0.25, 0.3) is 0 Å². The number of aryl methyl sites for hydroxylation is 10. The van der Waals surface area contributed by atoms with Gasteiger partial charge in [-0.1, -0.05) is 421 Å². The summed E-state index contributed by atoms with van der Waals surface area (Å²) in [5.41, 5.74) is 45.2. The zero-order chi connectivity index (χ0) is 97.4. The van der Waals surface area contributed by atoms with Crippen molar-refractivity contribution in [1.82, 2.24) is 0 Å². The predicted molar refractivity (Wildman–Crippen MR) is 617 cm³/mol. The highest BCUT2D eigenvalue weighted by Gasteiger charge is 2.23. The molecule has 0 spiro atoms. The first-order chi connectivity index (χ1) is 69.2. The van der Waals surface area contributed by atoms with Gasteiger partial charge in [-0.2, -0.15) is 0 Å². The fourth-order valence-corrected chi connectivity index (χ4v) is 21.7. The van der Waals surface area contributed by atoms with Crippen molar-refractivity contribution in [2.75, 3.05) is 0 Å². The van der Waals surface area contributed by atoms with Gasteiger partial charge in [0.05, 0.1) is 0 Å². The van der Waals surface area contributed by atoms with Crippen molar-refractivity contribution in [2.45, 2.75) is 95.4 Å². The molecule has 0 unspecified atom stereocenters. The quantitative estimate of drug-likeness (QED) is 0.107. The lowest BCUT2D eigenvalue weighted by molar-refractivity contribution is 0.590. The molecule has 142 heavy (non-hydrogen) atoms. The van der Waals surface area contributed by atoms with Crippen molar-refractivity contribution in [3.05, 3.63) is 528 Å². The first-order valence-corrected chi connectivity index (χ1v) is 50.0. The molecule has 24 aromatic rings. The molecular weight excluding hydrogens is 1710 g/mol. The Kier molecular flexibility index (Phi) is 25.4. The molecule has 0 bridgehead atoms. The third kappa shape index (κ3) is 18.5. The summed E-state index contributed by atoms with van der Waals surface area (Å²) in [6.07, 6.45) is 0. The zero-order valence-electron chi connectivity index (χ0n) is 83.5. The highest BCUT2D eigenvalue weighted by Crippen LogP contribution is 2.48. The summed E-state index contributed by atoms with van der Waals surface area (Å²) in [5.74, 6) is 0. The van der Waals surface area contributed by atoms with E-state index in [1.807, 2.05) is 0 Å². The summed E-state index contributed by atoms with van der Waals surface area (Å²) >= 11 is 0. The minimum absolute atomic E-state index is 0.129. The third-order valence-corrected chi connectivity index (χ3v) is 29.3. The Morgan fingerprint density at radius 2 is 0.310 bits per heavy atom. The lowest BCUT2D eigenvalue weighted by Gasteiger charge is -2.20. The second-order valence-electron chi connectivity index (χ2n) is 39.9. The summed E-state index contributed by atoms with van der Waals surface area (Å²) in [5, 5.41) is 20.6. The average molecular weight is 1820 g/mol. The van der Waals surface area contributed by atoms with E-state index in [4.69, 9.17) is 0 Å². The molecule has 24 rings (SSSR count). The van der Waals surface area contributed by atoms with Crippen LogP contribution in [0.4, 0.5) is 0 Å². The average Bonchev–Trinajstić information content (AvgIpc) is 0.755. The first kappa shape index (κ1) is 91.8. The van der Waals surface area contributed by atoms with E-state index in [1.54, 1.807) is 0 Å². The standard InChI is InChI=1S/C38H34.2C35H28.C34H26/c1-25-10-6-8-12-33(25)28-16-20-35-30(22-28)24-31-23-29(34-13-9-7-11-26(34)2)17-21-36(31)37(35)27-14-18-32(19-15-27)38(3,4)5;1-23-10-4-7-13-30(23)26-16-18-33-28(20-26)22-29-21-27(31-14-8-5-11-24(31)2)17-19-34(29)35(33)32-15-9-6-12-25(32)3;1-23-9-8-12-28(19-23)35-33-17-15-26(31-13-6-4-10-24(31)2)20-29(33)22-30-21-27(16-18-34(30)35)32-14-7-5-11-25(32)3;1-23-10-6-8-14-30(23)26-16-18-32-28(20-26)22-29-21-27(31-15-9-7-11-24(31)2)17-19-33(29)34(32)25-12-4-3-5-13-25/h6-24H,1-5H3;2*4-22H,1-3H3;3-22H,1-2H3. The normalized spacial score (nSPS) is 11.4. The lowest BCUT2D eigenvalue weighted by Crippen LogP contribution is -2.10. The highest BCUT2D eigenvalue weighted by molar-refractivity contribution is 6.19. The second kappa shape index (κ2) is 39.3. The van der Waals surface area contributed by atoms with Gasteiger partial charge >= 0.3 is 0 Å². The molecule has 684 valence electrons. The van der Waals surface area contributed by atoms with Crippen molar-refractivity contribution in [3.63, 3.8) is 0 Å². The van der Waals surface area contributed by atoms with Gasteiger partial charge in [-0.05, 0) is 423 Å². The summed E-state index contributed by atoms with van der Waals surface area (Å²) in [6.45, 7) is 28.7. The SMILES string of the molecule is Cc1cccc(-c2c3ccc(-c4ccccc4C)cc3cc3cc(-c4ccccc4C)ccc23)c1.Cc1ccccc1-c1ccc2c(-c3ccc(C(C)(C)C)cc3)c3ccc(-c4ccccc4C)cc3cc2c1.Cc1ccccc1-c1ccc2c(-c3ccccc3)c3ccc(-c4ccccc4C)cc3cc2c1.Cc1ccccc1-c1ccc2c(-c3ccccc3C)c3ccc(-c4ccccc4C)cc3cc2c1. The van der Waals surface area contributed by atoms with Crippen LogP contribution in [0.3, 0.4) is 0 Å². The Morgan fingerprint density at radius 1 is 0.127 bits per heavy atom. The van der Waals surface area contributed by atoms with Gasteiger partial charge < -0.3 is 0 Å². The molecule has 0 N–H and O–H groups in total. The van der Waals surface area contributed by atoms with Crippen LogP contribution in [0.15, 0.2) is 467 Å². The molecule has 0 radical (unpaired) electrons. The van der Waals surface area contributed by atoms with Gasteiger partial charge in [0.15, 0.2) is 0 Å². The van der Waals surface area contributed by atoms with Crippen molar-refractivity contribution in [2.24, 2.45) is 0 Å². The van der Waals surface area contributed by atoms with E-state index in [1.165, 1.54) is 281 Å². The zero-order valence-corrected chi connectivity index (χ0v) is 83.5. The van der Waals surface area contributed by atoms with Crippen LogP contribution in [-0.4, -0.2) is 0 Å². The Hall–Kier alpha value is -16.6. The number of hydrogen-bond acceptors (Lipinski definition) is 0. The van der Waals surface area contributed by atoms with Crippen molar-refractivity contribution < 1.29 is 0 Å². The van der Waals surface area contributed by atoms with Crippen molar-refractivity contribution >= 4 is 86.2 Å². The lowest BCUT2D eigenvalue weighted by atomic mass is 9.84. The largest absolute Gasteiger partial charge is 0.0622 e. The minimum atomic E-state index is 0.129. The van der Waals surface area contributed by atoms with Crippen molar-refractivity contribution in [1.29, 1.82) is 0 Å². The molecule has 0 saturated carbocycles. The number of benzene rings is 24. The summed E-state index contributed by atoms with van der Waals surface area (Å²) in [6, 6.07) is 172. The maximum atomic E-state index is 2.38. The Labute approximate surface area is 837 Å². The molecule has 24 aromatic carbocycles. The fraction of sp³-hybridized carbons (Fsp3) is 0.0986. The van der Waals surface area contributed by atoms with Gasteiger partial charge in [-0.3, -0.25) is 0 Å². The van der Waals surface area contributed by atoms with E-state index in [0.717, 1.165) is 0 Å². The summed E-state index contributed by atoms with van der Waals surface area (Å²) < 4.78 is 0. The Bertz CT molecular complexity index is 8560. The topological polar surface area (TPSA) is 0 Å². The van der Waals surface area contributed by atoms with E-state index in [9.17, 15) is 0 Å². The molecule has 0 heteroatoms. The molecule has 0 amide bonds. The Balaban J connectivity index is 0.000000112. The molecule has 0 fully saturated rings. The molecule has 0 saturated heterocycles.